The first kappa shape index (κ1) is 15.1. The van der Waals surface area contributed by atoms with Crippen LogP contribution in [-0.4, -0.2) is 30.3 Å². The Bertz CT molecular complexity index is 420. The highest BCUT2D eigenvalue weighted by molar-refractivity contribution is 5.77. The van der Waals surface area contributed by atoms with E-state index in [1.54, 1.807) is 18.2 Å². The fourth-order valence-electron chi connectivity index (χ4n) is 1.68. The summed E-state index contributed by atoms with van der Waals surface area (Å²) in [7, 11) is 0. The summed E-state index contributed by atoms with van der Waals surface area (Å²) in [5.41, 5.74) is 0.709. The minimum atomic E-state index is -0.866. The summed E-state index contributed by atoms with van der Waals surface area (Å²) in [4.78, 5) is 11.0. The van der Waals surface area contributed by atoms with Gasteiger partial charge in [0.25, 0.3) is 0 Å². The Morgan fingerprint density at radius 3 is 2.37 bits per heavy atom. The van der Waals surface area contributed by atoms with E-state index < -0.39 is 12.0 Å². The Labute approximate surface area is 113 Å². The van der Waals surface area contributed by atoms with Crippen LogP contribution in [0.2, 0.25) is 0 Å². The molecule has 0 aliphatic rings. The van der Waals surface area contributed by atoms with E-state index in [0.717, 1.165) is 0 Å². The lowest BCUT2D eigenvalue weighted by Gasteiger charge is -2.16. The number of hydrogen-bond donors (Lipinski definition) is 2. The molecule has 0 aliphatic heterocycles. The summed E-state index contributed by atoms with van der Waals surface area (Å²) in [6.07, 6.45) is 0.506. The van der Waals surface area contributed by atoms with E-state index in [9.17, 15) is 4.79 Å². The molecule has 1 aromatic rings. The van der Waals surface area contributed by atoms with E-state index in [1.807, 2.05) is 20.8 Å². The van der Waals surface area contributed by atoms with Gasteiger partial charge in [-0.05, 0) is 32.4 Å². The van der Waals surface area contributed by atoms with Crippen LogP contribution in [0.15, 0.2) is 18.2 Å². The van der Waals surface area contributed by atoms with Crippen LogP contribution in [0, 0.1) is 0 Å². The van der Waals surface area contributed by atoms with Gasteiger partial charge in [-0.3, -0.25) is 0 Å². The third-order valence-electron chi connectivity index (χ3n) is 2.59. The molecule has 0 radical (unpaired) electrons. The second kappa shape index (κ2) is 7.51. The van der Waals surface area contributed by atoms with E-state index in [4.69, 9.17) is 14.6 Å². The number of hydrogen-bond acceptors (Lipinski definition) is 4. The van der Waals surface area contributed by atoms with Crippen molar-refractivity contribution in [1.82, 2.24) is 0 Å². The molecule has 5 nitrogen and oxygen atoms in total. The minimum Gasteiger partial charge on any atom is -0.490 e. The molecule has 19 heavy (non-hydrogen) atoms. The van der Waals surface area contributed by atoms with Crippen molar-refractivity contribution in [3.63, 3.8) is 0 Å². The van der Waals surface area contributed by atoms with Crippen molar-refractivity contribution in [2.75, 3.05) is 18.5 Å². The number of aliphatic carboxylic acids is 1. The summed E-state index contributed by atoms with van der Waals surface area (Å²) in [5, 5.41) is 12.0. The van der Waals surface area contributed by atoms with Crippen molar-refractivity contribution in [3.8, 4) is 11.5 Å². The van der Waals surface area contributed by atoms with Gasteiger partial charge in [-0.25, -0.2) is 4.79 Å². The fourth-order valence-corrected chi connectivity index (χ4v) is 1.68. The minimum absolute atomic E-state index is 0.506. The molecule has 0 saturated carbocycles. The molecule has 0 aliphatic carbocycles. The van der Waals surface area contributed by atoms with Crippen molar-refractivity contribution in [1.29, 1.82) is 0 Å². The molecule has 2 N–H and O–H groups in total. The summed E-state index contributed by atoms with van der Waals surface area (Å²) in [6.45, 7) is 6.70. The first-order valence-electron chi connectivity index (χ1n) is 6.51. The molecule has 0 amide bonds. The summed E-state index contributed by atoms with van der Waals surface area (Å²) < 4.78 is 10.9. The zero-order valence-electron chi connectivity index (χ0n) is 11.6. The van der Waals surface area contributed by atoms with E-state index in [-0.39, 0.29) is 0 Å². The maximum Gasteiger partial charge on any atom is 0.326 e. The molecule has 5 heteroatoms. The van der Waals surface area contributed by atoms with Gasteiger partial charge in [0.15, 0.2) is 11.5 Å². The average molecular weight is 267 g/mol. The second-order valence-corrected chi connectivity index (χ2v) is 3.97. The van der Waals surface area contributed by atoms with Crippen molar-refractivity contribution in [2.45, 2.75) is 33.2 Å². The molecule has 0 heterocycles. The number of benzene rings is 1. The molecule has 0 fully saturated rings. The number of ether oxygens (including phenoxy) is 2. The summed E-state index contributed by atoms with van der Waals surface area (Å²) >= 11 is 0. The number of carbonyl (C=O) groups is 1. The van der Waals surface area contributed by atoms with Gasteiger partial charge in [-0.15, -0.1) is 0 Å². The molecule has 0 saturated heterocycles. The zero-order chi connectivity index (χ0) is 14.3. The van der Waals surface area contributed by atoms with Crippen molar-refractivity contribution < 1.29 is 19.4 Å². The molecule has 1 rings (SSSR count). The molecule has 106 valence electrons. The predicted molar refractivity (Wildman–Crippen MR) is 74.1 cm³/mol. The monoisotopic (exact) mass is 267 g/mol. The first-order valence-corrected chi connectivity index (χ1v) is 6.51. The van der Waals surface area contributed by atoms with Crippen LogP contribution < -0.4 is 14.8 Å². The number of rotatable bonds is 8. The quantitative estimate of drug-likeness (QED) is 0.758. The van der Waals surface area contributed by atoms with Crippen LogP contribution in [0.5, 0.6) is 11.5 Å². The van der Waals surface area contributed by atoms with Gasteiger partial charge < -0.3 is 19.9 Å². The third kappa shape index (κ3) is 4.35. The molecule has 1 atom stereocenters. The van der Waals surface area contributed by atoms with Gasteiger partial charge in [-0.2, -0.15) is 0 Å². The molecular formula is C14H21NO4. The Morgan fingerprint density at radius 2 is 1.84 bits per heavy atom. The van der Waals surface area contributed by atoms with Gasteiger partial charge >= 0.3 is 5.97 Å². The average Bonchev–Trinajstić information content (AvgIpc) is 2.39. The highest BCUT2D eigenvalue weighted by atomic mass is 16.5. The molecule has 0 spiro atoms. The second-order valence-electron chi connectivity index (χ2n) is 3.97. The Balaban J connectivity index is 2.90. The predicted octanol–water partition coefficient (Wildman–Crippen LogP) is 2.76. The standard InChI is InChI=1S/C14H21NO4/c1-4-11(14(16)17)15-10-7-8-12(18-5-2)13(9-10)19-6-3/h7-9,11,15H,4-6H2,1-3H3,(H,16,17). The largest absolute Gasteiger partial charge is 0.490 e. The molecule has 0 aromatic heterocycles. The fraction of sp³-hybridized carbons (Fsp3) is 0.500. The number of carboxylic acids is 1. The lowest BCUT2D eigenvalue weighted by Crippen LogP contribution is -2.28. The van der Waals surface area contributed by atoms with E-state index >= 15 is 0 Å². The van der Waals surface area contributed by atoms with Crippen molar-refractivity contribution in [2.24, 2.45) is 0 Å². The highest BCUT2D eigenvalue weighted by Crippen LogP contribution is 2.31. The van der Waals surface area contributed by atoms with Crippen LogP contribution in [0.25, 0.3) is 0 Å². The lowest BCUT2D eigenvalue weighted by molar-refractivity contribution is -0.137. The third-order valence-corrected chi connectivity index (χ3v) is 2.59. The van der Waals surface area contributed by atoms with Crippen LogP contribution in [0.3, 0.4) is 0 Å². The Morgan fingerprint density at radius 1 is 1.21 bits per heavy atom. The van der Waals surface area contributed by atoms with Gasteiger partial charge in [0.2, 0.25) is 0 Å². The van der Waals surface area contributed by atoms with Gasteiger partial charge in [-0.1, -0.05) is 6.92 Å². The number of nitrogens with one attached hydrogen (secondary N) is 1. The van der Waals surface area contributed by atoms with E-state index in [1.165, 1.54) is 0 Å². The Hall–Kier alpha value is -1.91. The van der Waals surface area contributed by atoms with Crippen molar-refractivity contribution >= 4 is 11.7 Å². The number of carboxylic acid groups (broad SMARTS) is 1. The molecule has 1 unspecified atom stereocenters. The van der Waals surface area contributed by atoms with Crippen LogP contribution >= 0.6 is 0 Å². The van der Waals surface area contributed by atoms with E-state index in [0.29, 0.717) is 36.8 Å². The molecule has 0 bridgehead atoms. The van der Waals surface area contributed by atoms with Crippen LogP contribution in [0.4, 0.5) is 5.69 Å². The van der Waals surface area contributed by atoms with Crippen molar-refractivity contribution in [3.05, 3.63) is 18.2 Å². The zero-order valence-corrected chi connectivity index (χ0v) is 11.6. The van der Waals surface area contributed by atoms with Gasteiger partial charge in [0.05, 0.1) is 13.2 Å². The molecule has 1 aromatic carbocycles. The van der Waals surface area contributed by atoms with Gasteiger partial charge in [0.1, 0.15) is 6.04 Å². The topological polar surface area (TPSA) is 67.8 Å². The lowest BCUT2D eigenvalue weighted by atomic mass is 10.2. The van der Waals surface area contributed by atoms with Gasteiger partial charge in [0, 0.05) is 11.8 Å². The molecular weight excluding hydrogens is 246 g/mol. The number of anilines is 1. The SMILES string of the molecule is CCOc1ccc(NC(CC)C(=O)O)cc1OCC. The smallest absolute Gasteiger partial charge is 0.326 e. The summed E-state index contributed by atoms with van der Waals surface area (Å²) in [5.74, 6) is 0.419. The normalized spacial score (nSPS) is 11.7. The van der Waals surface area contributed by atoms with E-state index in [2.05, 4.69) is 5.32 Å². The maximum atomic E-state index is 11.0. The van der Waals surface area contributed by atoms with Crippen LogP contribution in [0.1, 0.15) is 27.2 Å². The maximum absolute atomic E-state index is 11.0. The Kier molecular flexibility index (Phi) is 5.99. The van der Waals surface area contributed by atoms with Crippen LogP contribution in [-0.2, 0) is 4.79 Å². The first-order chi connectivity index (χ1) is 9.12. The highest BCUT2D eigenvalue weighted by Gasteiger charge is 2.15. The summed E-state index contributed by atoms with van der Waals surface area (Å²) in [6, 6.07) is 4.73.